The van der Waals surface area contributed by atoms with Gasteiger partial charge in [-0.3, -0.25) is 9.89 Å². The number of likely N-dealkylation sites (tertiary alicyclic amines) is 1. The fraction of sp³-hybridized carbons (Fsp3) is 0.667. The number of hydrogen-bond acceptors (Lipinski definition) is 4. The monoisotopic (exact) mass is 428 g/mol. The lowest BCUT2D eigenvalue weighted by Crippen LogP contribution is -2.45. The summed E-state index contributed by atoms with van der Waals surface area (Å²) < 4.78 is 49.3. The number of halogens is 3. The third-order valence-electron chi connectivity index (χ3n) is 5.56. The Hall–Kier alpha value is -2.16. The molecule has 2 N–H and O–H groups in total. The van der Waals surface area contributed by atoms with Crippen LogP contribution in [0.4, 0.5) is 13.2 Å². The molecule has 1 saturated heterocycles. The van der Waals surface area contributed by atoms with Crippen LogP contribution in [-0.4, -0.2) is 63.0 Å². The summed E-state index contributed by atoms with van der Waals surface area (Å²) in [5.74, 6) is 2.10. The third-order valence-corrected chi connectivity index (χ3v) is 5.56. The highest BCUT2D eigenvalue weighted by atomic mass is 19.4. The van der Waals surface area contributed by atoms with Gasteiger partial charge >= 0.3 is 6.18 Å². The predicted molar refractivity (Wildman–Crippen MR) is 110 cm³/mol. The number of nitrogens with one attached hydrogen (secondary N) is 2. The number of nitrogens with zero attached hydrogens (tertiary/aromatic N) is 2. The summed E-state index contributed by atoms with van der Waals surface area (Å²) in [7, 11) is 3.28. The number of methoxy groups -OCH3 is 1. The van der Waals surface area contributed by atoms with Gasteiger partial charge < -0.3 is 20.1 Å². The number of hydrogen-bond donors (Lipinski definition) is 2. The van der Waals surface area contributed by atoms with Crippen LogP contribution in [0.15, 0.2) is 23.2 Å². The van der Waals surface area contributed by atoms with Gasteiger partial charge in [-0.1, -0.05) is 0 Å². The highest BCUT2D eigenvalue weighted by Gasteiger charge is 2.34. The summed E-state index contributed by atoms with van der Waals surface area (Å²) >= 11 is 0. The molecule has 0 radical (unpaired) electrons. The Kier molecular flexibility index (Phi) is 7.69. The summed E-state index contributed by atoms with van der Waals surface area (Å²) in [5.41, 5.74) is 0.982. The molecule has 30 heavy (non-hydrogen) atoms. The molecule has 1 aromatic carbocycles. The number of alkyl halides is 3. The normalized spacial score (nSPS) is 21.1. The Morgan fingerprint density at radius 2 is 2.00 bits per heavy atom. The Bertz CT molecular complexity index is 721. The van der Waals surface area contributed by atoms with E-state index < -0.39 is 12.7 Å². The maximum absolute atomic E-state index is 12.6. The SMILES string of the molecule is CN=C(NCc1ccc(OC)cc1OC1CCCC1)NC1CCN(CC(F)(F)F)C1. The van der Waals surface area contributed by atoms with E-state index in [4.69, 9.17) is 9.47 Å². The van der Waals surface area contributed by atoms with Crippen molar-refractivity contribution in [1.29, 1.82) is 0 Å². The molecule has 3 rings (SSSR count). The van der Waals surface area contributed by atoms with Crippen LogP contribution in [0.3, 0.4) is 0 Å². The number of guanidine groups is 1. The maximum atomic E-state index is 12.6. The molecule has 0 spiro atoms. The van der Waals surface area contributed by atoms with Gasteiger partial charge in [0.15, 0.2) is 5.96 Å². The molecule has 1 unspecified atom stereocenters. The first-order valence-corrected chi connectivity index (χ1v) is 10.5. The average Bonchev–Trinajstić information content (AvgIpc) is 3.36. The van der Waals surface area contributed by atoms with Crippen LogP contribution in [0, 0.1) is 0 Å². The van der Waals surface area contributed by atoms with E-state index >= 15 is 0 Å². The zero-order valence-electron chi connectivity index (χ0n) is 17.6. The highest BCUT2D eigenvalue weighted by molar-refractivity contribution is 5.80. The van der Waals surface area contributed by atoms with Crippen molar-refractivity contribution in [3.05, 3.63) is 23.8 Å². The van der Waals surface area contributed by atoms with Gasteiger partial charge in [0.05, 0.1) is 19.8 Å². The second-order valence-electron chi connectivity index (χ2n) is 7.90. The van der Waals surface area contributed by atoms with Crippen molar-refractivity contribution in [2.45, 2.75) is 57.0 Å². The molecule has 2 aliphatic rings. The molecule has 1 aromatic rings. The van der Waals surface area contributed by atoms with Crippen molar-refractivity contribution in [2.24, 2.45) is 4.99 Å². The second-order valence-corrected chi connectivity index (χ2v) is 7.90. The van der Waals surface area contributed by atoms with Crippen molar-refractivity contribution in [1.82, 2.24) is 15.5 Å². The molecule has 1 atom stereocenters. The molecule has 1 aliphatic heterocycles. The van der Waals surface area contributed by atoms with Crippen LogP contribution in [0.1, 0.15) is 37.7 Å². The van der Waals surface area contributed by atoms with Crippen LogP contribution in [0.5, 0.6) is 11.5 Å². The molecule has 0 aromatic heterocycles. The van der Waals surface area contributed by atoms with E-state index in [1.807, 2.05) is 18.2 Å². The lowest BCUT2D eigenvalue weighted by Gasteiger charge is -2.21. The Balaban J connectivity index is 1.55. The minimum Gasteiger partial charge on any atom is -0.497 e. The van der Waals surface area contributed by atoms with Gasteiger partial charge in [-0.2, -0.15) is 13.2 Å². The molecule has 0 bridgehead atoms. The minimum absolute atomic E-state index is 0.0661. The summed E-state index contributed by atoms with van der Waals surface area (Å²) in [5, 5.41) is 6.49. The molecule has 1 aliphatic carbocycles. The zero-order chi connectivity index (χ0) is 21.6. The number of ether oxygens (including phenoxy) is 2. The van der Waals surface area contributed by atoms with Crippen molar-refractivity contribution >= 4 is 5.96 Å². The van der Waals surface area contributed by atoms with E-state index in [0.29, 0.717) is 32.0 Å². The van der Waals surface area contributed by atoms with E-state index in [2.05, 4.69) is 15.6 Å². The van der Waals surface area contributed by atoms with Gasteiger partial charge in [0.25, 0.3) is 0 Å². The van der Waals surface area contributed by atoms with Crippen molar-refractivity contribution < 1.29 is 22.6 Å². The minimum atomic E-state index is -4.17. The Morgan fingerprint density at radius 1 is 1.23 bits per heavy atom. The van der Waals surface area contributed by atoms with Crippen molar-refractivity contribution in [3.63, 3.8) is 0 Å². The smallest absolute Gasteiger partial charge is 0.401 e. The molecule has 1 saturated carbocycles. The van der Waals surface area contributed by atoms with Gasteiger partial charge in [-0.15, -0.1) is 0 Å². The Morgan fingerprint density at radius 3 is 2.67 bits per heavy atom. The topological polar surface area (TPSA) is 58.1 Å². The summed E-state index contributed by atoms with van der Waals surface area (Å²) in [6.45, 7) is 0.389. The maximum Gasteiger partial charge on any atom is 0.401 e. The lowest BCUT2D eigenvalue weighted by atomic mass is 10.1. The highest BCUT2D eigenvalue weighted by Crippen LogP contribution is 2.30. The summed E-state index contributed by atoms with van der Waals surface area (Å²) in [4.78, 5) is 5.64. The van der Waals surface area contributed by atoms with Gasteiger partial charge in [-0.25, -0.2) is 0 Å². The molecular weight excluding hydrogens is 397 g/mol. The molecule has 6 nitrogen and oxygen atoms in total. The van der Waals surface area contributed by atoms with Crippen LogP contribution in [0.2, 0.25) is 0 Å². The molecule has 168 valence electrons. The number of aliphatic imine (C=N–C) groups is 1. The third kappa shape index (κ3) is 6.68. The standard InChI is InChI=1S/C21H31F3N4O2/c1-25-20(27-16-9-10-28(13-16)14-21(22,23)24)26-12-15-7-8-18(29-2)11-19(15)30-17-5-3-4-6-17/h7-8,11,16-17H,3-6,9-10,12-14H2,1-2H3,(H2,25,26,27). The molecule has 2 fully saturated rings. The van der Waals surface area contributed by atoms with Crippen molar-refractivity contribution in [3.8, 4) is 11.5 Å². The molecule has 0 amide bonds. The van der Waals surface area contributed by atoms with Crippen LogP contribution < -0.4 is 20.1 Å². The van der Waals surface area contributed by atoms with Crippen molar-refractivity contribution in [2.75, 3.05) is 33.8 Å². The molecule has 1 heterocycles. The first-order chi connectivity index (χ1) is 14.4. The van der Waals surface area contributed by atoms with E-state index in [9.17, 15) is 13.2 Å². The van der Waals surface area contributed by atoms with Gasteiger partial charge in [0.2, 0.25) is 0 Å². The van der Waals surface area contributed by atoms with E-state index in [-0.39, 0.29) is 12.1 Å². The molecular formula is C21H31F3N4O2. The Labute approximate surface area is 175 Å². The number of rotatable bonds is 7. The predicted octanol–water partition coefficient (Wildman–Crippen LogP) is 3.32. The molecule has 9 heteroatoms. The first-order valence-electron chi connectivity index (χ1n) is 10.5. The van der Waals surface area contributed by atoms with Gasteiger partial charge in [0, 0.05) is 44.4 Å². The second kappa shape index (κ2) is 10.2. The fourth-order valence-electron chi connectivity index (χ4n) is 4.02. The van der Waals surface area contributed by atoms with E-state index in [1.54, 1.807) is 14.2 Å². The fourth-order valence-corrected chi connectivity index (χ4v) is 4.02. The average molecular weight is 428 g/mol. The van der Waals surface area contributed by atoms with Gasteiger partial charge in [-0.05, 0) is 44.2 Å². The number of benzene rings is 1. The van der Waals surface area contributed by atoms with Gasteiger partial charge in [0.1, 0.15) is 11.5 Å². The largest absolute Gasteiger partial charge is 0.497 e. The summed E-state index contributed by atoms with van der Waals surface area (Å²) in [6.07, 6.45) is 1.20. The zero-order valence-corrected chi connectivity index (χ0v) is 17.6. The van der Waals surface area contributed by atoms with Crippen LogP contribution in [0.25, 0.3) is 0 Å². The first kappa shape index (κ1) is 22.5. The summed E-state index contributed by atoms with van der Waals surface area (Å²) in [6, 6.07) is 5.69. The van der Waals surface area contributed by atoms with Crippen LogP contribution >= 0.6 is 0 Å². The van der Waals surface area contributed by atoms with Crippen LogP contribution in [-0.2, 0) is 6.54 Å². The van der Waals surface area contributed by atoms with E-state index in [0.717, 1.165) is 29.9 Å². The quantitative estimate of drug-likeness (QED) is 0.516. The van der Waals surface area contributed by atoms with E-state index in [1.165, 1.54) is 17.7 Å². The lowest BCUT2D eigenvalue weighted by molar-refractivity contribution is -0.143.